The molecule has 0 atom stereocenters. The summed E-state index contributed by atoms with van der Waals surface area (Å²) in [5.74, 6) is 0.830. The van der Waals surface area contributed by atoms with E-state index in [1.807, 2.05) is 43.3 Å². The number of nitrogens with one attached hydrogen (secondary N) is 1. The molecule has 0 bridgehead atoms. The van der Waals surface area contributed by atoms with Gasteiger partial charge >= 0.3 is 0 Å². The smallest absolute Gasteiger partial charge is 0.262 e. The zero-order chi connectivity index (χ0) is 25.4. The van der Waals surface area contributed by atoms with E-state index in [9.17, 15) is 14.4 Å². The van der Waals surface area contributed by atoms with Gasteiger partial charge in [0.2, 0.25) is 0 Å². The summed E-state index contributed by atoms with van der Waals surface area (Å²) in [5.41, 5.74) is 3.40. The number of hydrogen-bond donors (Lipinski definition) is 1. The van der Waals surface area contributed by atoms with Gasteiger partial charge in [0, 0.05) is 52.6 Å². The maximum absolute atomic E-state index is 13.2. The molecule has 6 nitrogen and oxygen atoms in total. The number of rotatable bonds is 5. The number of hydrogen-bond acceptors (Lipinski definition) is 5. The van der Waals surface area contributed by atoms with Gasteiger partial charge in [0.05, 0.1) is 10.4 Å². The van der Waals surface area contributed by atoms with Crippen molar-refractivity contribution in [3.63, 3.8) is 0 Å². The lowest BCUT2D eigenvalue weighted by atomic mass is 9.73. The van der Waals surface area contributed by atoms with Crippen molar-refractivity contribution < 1.29 is 23.9 Å². The number of benzene rings is 2. The monoisotopic (exact) mass is 613 g/mol. The van der Waals surface area contributed by atoms with E-state index >= 15 is 0 Å². The highest BCUT2D eigenvalue weighted by Gasteiger charge is 2.43. The molecular weight excluding hydrogens is 590 g/mol. The van der Waals surface area contributed by atoms with Crippen LogP contribution in [0.15, 0.2) is 68.0 Å². The molecule has 3 aliphatic rings. The van der Waals surface area contributed by atoms with Gasteiger partial charge in [-0.05, 0) is 59.5 Å². The Labute approximate surface area is 226 Å². The van der Waals surface area contributed by atoms with Gasteiger partial charge in [-0.3, -0.25) is 14.4 Å². The van der Waals surface area contributed by atoms with Crippen molar-refractivity contribution in [2.75, 3.05) is 11.9 Å². The van der Waals surface area contributed by atoms with Crippen molar-refractivity contribution in [2.45, 2.75) is 51.4 Å². The van der Waals surface area contributed by atoms with Crippen molar-refractivity contribution in [3.05, 3.63) is 79.1 Å². The zero-order valence-electron chi connectivity index (χ0n) is 19.8. The van der Waals surface area contributed by atoms with E-state index in [0.717, 1.165) is 28.6 Å². The summed E-state index contributed by atoms with van der Waals surface area (Å²) in [6.45, 7) is 1.69. The van der Waals surface area contributed by atoms with Crippen LogP contribution in [0.3, 0.4) is 0 Å². The second kappa shape index (κ2) is 10.3. The van der Waals surface area contributed by atoms with E-state index in [2.05, 4.69) is 37.2 Å². The Morgan fingerprint density at radius 1 is 1.00 bits per heavy atom. The molecule has 1 aliphatic heterocycles. The van der Waals surface area contributed by atoms with Crippen LogP contribution < -0.4 is 10.1 Å². The molecule has 2 aromatic carbocycles. The minimum Gasteiger partial charge on any atom is -0.482 e. The molecule has 0 aromatic heterocycles. The molecule has 8 heteroatoms. The molecule has 1 N–H and O–H groups in total. The van der Waals surface area contributed by atoms with Crippen LogP contribution in [0.25, 0.3) is 0 Å². The minimum atomic E-state index is -0.590. The Hall–Kier alpha value is -2.71. The fraction of sp³-hybridized carbons (Fsp3) is 0.321. The molecule has 0 spiro atoms. The molecule has 2 aromatic rings. The summed E-state index contributed by atoms with van der Waals surface area (Å²) in [6.07, 6.45) is 3.61. The van der Waals surface area contributed by atoms with Crippen LogP contribution in [0, 0.1) is 6.92 Å². The van der Waals surface area contributed by atoms with E-state index in [1.54, 1.807) is 0 Å². The highest BCUT2D eigenvalue weighted by molar-refractivity contribution is 9.11. The number of halogens is 2. The van der Waals surface area contributed by atoms with Gasteiger partial charge in [0.15, 0.2) is 18.2 Å². The van der Waals surface area contributed by atoms with Crippen molar-refractivity contribution in [1.82, 2.24) is 0 Å². The number of ketones is 2. The number of para-hydroxylation sites is 1. The first-order chi connectivity index (χ1) is 17.3. The highest BCUT2D eigenvalue weighted by Crippen LogP contribution is 2.51. The van der Waals surface area contributed by atoms with Gasteiger partial charge in [-0.1, -0.05) is 34.1 Å². The topological polar surface area (TPSA) is 81.7 Å². The van der Waals surface area contributed by atoms with E-state index in [1.165, 1.54) is 0 Å². The van der Waals surface area contributed by atoms with Crippen LogP contribution >= 0.6 is 31.9 Å². The Morgan fingerprint density at radius 3 is 2.28 bits per heavy atom. The Balaban J connectivity index is 1.53. The van der Waals surface area contributed by atoms with Crippen molar-refractivity contribution in [1.29, 1.82) is 0 Å². The number of Topliss-reactive ketones (excluding diaryl/α,β-unsaturated/α-hetero) is 2. The molecule has 0 radical (unpaired) electrons. The number of allylic oxidation sites excluding steroid dienone is 4. The number of amides is 1. The minimum absolute atomic E-state index is 0.00878. The normalized spacial score (nSPS) is 18.0. The van der Waals surface area contributed by atoms with Gasteiger partial charge < -0.3 is 14.8 Å². The van der Waals surface area contributed by atoms with Gasteiger partial charge in [0.1, 0.15) is 17.3 Å². The van der Waals surface area contributed by atoms with Crippen LogP contribution in [-0.4, -0.2) is 24.1 Å². The molecule has 186 valence electrons. The first-order valence-electron chi connectivity index (χ1n) is 12.0. The Kier molecular flexibility index (Phi) is 7.17. The second-order valence-corrected chi connectivity index (χ2v) is 11.0. The summed E-state index contributed by atoms with van der Waals surface area (Å²) < 4.78 is 13.6. The van der Waals surface area contributed by atoms with Crippen LogP contribution in [0.5, 0.6) is 5.75 Å². The van der Waals surface area contributed by atoms with E-state index in [-0.39, 0.29) is 24.1 Å². The molecule has 1 amide bonds. The SMILES string of the molecule is Cc1ccccc1NC(=O)COc1c(Br)cc(Br)cc1C1C2=C(CCCC2=O)OC2=C1C(=O)CCC2. The average molecular weight is 615 g/mol. The Bertz CT molecular complexity index is 1300. The lowest BCUT2D eigenvalue weighted by Crippen LogP contribution is -2.31. The van der Waals surface area contributed by atoms with Crippen molar-refractivity contribution >= 4 is 55.0 Å². The third kappa shape index (κ3) is 4.81. The average Bonchev–Trinajstić information content (AvgIpc) is 2.83. The third-order valence-electron chi connectivity index (χ3n) is 6.76. The van der Waals surface area contributed by atoms with Crippen molar-refractivity contribution in [3.8, 4) is 5.75 Å². The van der Waals surface area contributed by atoms with Gasteiger partial charge in [0.25, 0.3) is 5.91 Å². The Morgan fingerprint density at radius 2 is 1.64 bits per heavy atom. The van der Waals surface area contributed by atoms with Crippen LogP contribution in [0.1, 0.15) is 55.6 Å². The lowest BCUT2D eigenvalue weighted by molar-refractivity contribution is -0.119. The molecule has 0 unspecified atom stereocenters. The first kappa shape index (κ1) is 25.0. The molecule has 0 saturated heterocycles. The van der Waals surface area contributed by atoms with Crippen LogP contribution in [0.4, 0.5) is 5.69 Å². The molecule has 0 fully saturated rings. The predicted molar refractivity (Wildman–Crippen MR) is 143 cm³/mol. The molecule has 5 rings (SSSR count). The summed E-state index contributed by atoms with van der Waals surface area (Å²) in [5, 5.41) is 2.88. The highest BCUT2D eigenvalue weighted by atomic mass is 79.9. The van der Waals surface area contributed by atoms with E-state index < -0.39 is 5.92 Å². The molecular formula is C28H25Br2NO5. The quantitative estimate of drug-likeness (QED) is 0.407. The van der Waals surface area contributed by atoms with Gasteiger partial charge in [-0.15, -0.1) is 0 Å². The molecule has 1 heterocycles. The van der Waals surface area contributed by atoms with Gasteiger partial charge in [-0.25, -0.2) is 0 Å². The largest absolute Gasteiger partial charge is 0.482 e. The maximum atomic E-state index is 13.2. The van der Waals surface area contributed by atoms with Crippen molar-refractivity contribution in [2.24, 2.45) is 0 Å². The number of ether oxygens (including phenoxy) is 2. The van der Waals surface area contributed by atoms with Crippen LogP contribution in [-0.2, 0) is 19.1 Å². The fourth-order valence-corrected chi connectivity index (χ4v) is 6.49. The third-order valence-corrected chi connectivity index (χ3v) is 7.80. The summed E-state index contributed by atoms with van der Waals surface area (Å²) in [4.78, 5) is 39.1. The van der Waals surface area contributed by atoms with E-state index in [0.29, 0.717) is 64.1 Å². The summed E-state index contributed by atoms with van der Waals surface area (Å²) in [7, 11) is 0. The predicted octanol–water partition coefficient (Wildman–Crippen LogP) is 6.67. The lowest BCUT2D eigenvalue weighted by Gasteiger charge is -2.36. The first-order valence-corrected chi connectivity index (χ1v) is 13.6. The molecule has 36 heavy (non-hydrogen) atoms. The number of aryl methyl sites for hydroxylation is 1. The van der Waals surface area contributed by atoms with E-state index in [4.69, 9.17) is 9.47 Å². The number of carbonyl (C=O) groups excluding carboxylic acids is 3. The second-order valence-electron chi connectivity index (χ2n) is 9.22. The number of carbonyl (C=O) groups is 3. The number of anilines is 1. The van der Waals surface area contributed by atoms with Crippen LogP contribution in [0.2, 0.25) is 0 Å². The fourth-order valence-electron chi connectivity index (χ4n) is 5.11. The standard InChI is InChI=1S/C28H25Br2NO5/c1-15-6-2-3-7-19(15)31-24(34)14-35-28-17(12-16(29)13-18(28)30)25-26-20(32)8-4-10-22(26)36-23-11-5-9-21(33)27(23)25/h2-3,6-7,12-13,25H,4-5,8-11,14H2,1H3,(H,31,34). The zero-order valence-corrected chi connectivity index (χ0v) is 23.0. The maximum Gasteiger partial charge on any atom is 0.262 e. The summed E-state index contributed by atoms with van der Waals surface area (Å²) in [6, 6.07) is 11.2. The molecule has 2 aliphatic carbocycles. The van der Waals surface area contributed by atoms with Gasteiger partial charge in [-0.2, -0.15) is 0 Å². The molecule has 0 saturated carbocycles. The summed E-state index contributed by atoms with van der Waals surface area (Å²) >= 11 is 7.13.